The molecule has 0 bridgehead atoms. The summed E-state index contributed by atoms with van der Waals surface area (Å²) in [6, 6.07) is -0.0847. The van der Waals surface area contributed by atoms with E-state index < -0.39 is 0 Å². The first-order valence-corrected chi connectivity index (χ1v) is 5.69. The zero-order valence-corrected chi connectivity index (χ0v) is 9.83. The van der Waals surface area contributed by atoms with E-state index >= 15 is 0 Å². The van der Waals surface area contributed by atoms with Crippen LogP contribution in [0.15, 0.2) is 0 Å². The molecule has 1 unspecified atom stereocenters. The van der Waals surface area contributed by atoms with E-state index in [2.05, 4.69) is 6.92 Å². The maximum atomic E-state index is 11.1. The molecule has 0 amide bonds. The van der Waals surface area contributed by atoms with E-state index in [9.17, 15) is 4.79 Å². The van der Waals surface area contributed by atoms with E-state index in [-0.39, 0.29) is 12.0 Å². The van der Waals surface area contributed by atoms with Gasteiger partial charge in [-0.3, -0.25) is 4.79 Å². The van der Waals surface area contributed by atoms with Crippen molar-refractivity contribution in [2.75, 3.05) is 19.8 Å². The Balaban J connectivity index is 3.24. The number of hydrogen-bond acceptors (Lipinski definition) is 4. The normalized spacial score (nSPS) is 12.5. The highest BCUT2D eigenvalue weighted by Gasteiger charge is 2.08. The van der Waals surface area contributed by atoms with Gasteiger partial charge in [0.2, 0.25) is 0 Å². The monoisotopic (exact) mass is 217 g/mol. The number of esters is 1. The number of hydrogen-bond donors (Lipinski definition) is 1. The number of ether oxygens (including phenoxy) is 2. The standard InChI is InChI=1S/C11H23NO3/c1-3-5-6-14-7-8-15-11(13)9-10(12)4-2/h10H,3-9,12H2,1-2H3. The third-order valence-electron chi connectivity index (χ3n) is 2.09. The summed E-state index contributed by atoms with van der Waals surface area (Å²) >= 11 is 0. The van der Waals surface area contributed by atoms with Crippen molar-refractivity contribution < 1.29 is 14.3 Å². The van der Waals surface area contributed by atoms with Crippen molar-refractivity contribution in [2.24, 2.45) is 5.73 Å². The van der Waals surface area contributed by atoms with Crippen LogP contribution in [0.3, 0.4) is 0 Å². The number of rotatable bonds is 9. The summed E-state index contributed by atoms with van der Waals surface area (Å²) in [5, 5.41) is 0. The summed E-state index contributed by atoms with van der Waals surface area (Å²) in [7, 11) is 0. The average molecular weight is 217 g/mol. The fourth-order valence-corrected chi connectivity index (χ4v) is 0.980. The third kappa shape index (κ3) is 9.69. The first-order chi connectivity index (χ1) is 7.20. The minimum absolute atomic E-state index is 0.0847. The van der Waals surface area contributed by atoms with E-state index in [0.29, 0.717) is 19.6 Å². The van der Waals surface area contributed by atoms with Crippen molar-refractivity contribution >= 4 is 5.97 Å². The third-order valence-corrected chi connectivity index (χ3v) is 2.09. The average Bonchev–Trinajstić information content (AvgIpc) is 2.23. The first kappa shape index (κ1) is 14.4. The predicted octanol–water partition coefficient (Wildman–Crippen LogP) is 1.47. The van der Waals surface area contributed by atoms with Crippen molar-refractivity contribution in [3.8, 4) is 0 Å². The molecule has 0 saturated heterocycles. The molecule has 0 saturated carbocycles. The van der Waals surface area contributed by atoms with Crippen molar-refractivity contribution in [1.82, 2.24) is 0 Å². The van der Waals surface area contributed by atoms with Gasteiger partial charge >= 0.3 is 5.97 Å². The van der Waals surface area contributed by atoms with Crippen LogP contribution in [-0.2, 0) is 14.3 Å². The number of nitrogens with two attached hydrogens (primary N) is 1. The molecule has 4 heteroatoms. The summed E-state index contributed by atoms with van der Waals surface area (Å²) in [6.45, 7) is 5.61. The fraction of sp³-hybridized carbons (Fsp3) is 0.909. The lowest BCUT2D eigenvalue weighted by Crippen LogP contribution is -2.24. The molecule has 90 valence electrons. The molecule has 0 rings (SSSR count). The number of carbonyl (C=O) groups is 1. The zero-order chi connectivity index (χ0) is 11.5. The van der Waals surface area contributed by atoms with Crippen LogP contribution in [0.5, 0.6) is 0 Å². The molecule has 15 heavy (non-hydrogen) atoms. The van der Waals surface area contributed by atoms with Crippen LogP contribution in [-0.4, -0.2) is 31.8 Å². The van der Waals surface area contributed by atoms with Crippen molar-refractivity contribution in [1.29, 1.82) is 0 Å². The second-order valence-corrected chi connectivity index (χ2v) is 3.56. The van der Waals surface area contributed by atoms with Gasteiger partial charge in [-0.2, -0.15) is 0 Å². The number of unbranched alkanes of at least 4 members (excludes halogenated alkanes) is 1. The smallest absolute Gasteiger partial charge is 0.307 e. The molecule has 0 aliphatic rings. The van der Waals surface area contributed by atoms with Gasteiger partial charge in [-0.15, -0.1) is 0 Å². The Morgan fingerprint density at radius 3 is 2.60 bits per heavy atom. The van der Waals surface area contributed by atoms with E-state index in [4.69, 9.17) is 15.2 Å². The molecule has 4 nitrogen and oxygen atoms in total. The summed E-state index contributed by atoms with van der Waals surface area (Å²) in [5.41, 5.74) is 5.61. The second kappa shape index (κ2) is 9.93. The lowest BCUT2D eigenvalue weighted by Gasteiger charge is -2.08. The van der Waals surface area contributed by atoms with Crippen molar-refractivity contribution in [2.45, 2.75) is 45.6 Å². The van der Waals surface area contributed by atoms with Crippen LogP contribution in [0, 0.1) is 0 Å². The minimum atomic E-state index is -0.233. The summed E-state index contributed by atoms with van der Waals surface area (Å²) in [5.74, 6) is -0.233. The van der Waals surface area contributed by atoms with Crippen molar-refractivity contribution in [3.05, 3.63) is 0 Å². The van der Waals surface area contributed by atoms with Gasteiger partial charge in [-0.1, -0.05) is 20.3 Å². The van der Waals surface area contributed by atoms with Gasteiger partial charge in [-0.05, 0) is 12.8 Å². The van der Waals surface area contributed by atoms with E-state index in [1.54, 1.807) is 0 Å². The van der Waals surface area contributed by atoms with Crippen LogP contribution in [0.2, 0.25) is 0 Å². The molecule has 0 aliphatic heterocycles. The Morgan fingerprint density at radius 2 is 2.00 bits per heavy atom. The molecule has 2 N–H and O–H groups in total. The Labute approximate surface area is 92.1 Å². The minimum Gasteiger partial charge on any atom is -0.463 e. The summed E-state index contributed by atoms with van der Waals surface area (Å²) in [4.78, 5) is 11.1. The van der Waals surface area contributed by atoms with Crippen LogP contribution in [0.25, 0.3) is 0 Å². The fourth-order valence-electron chi connectivity index (χ4n) is 0.980. The first-order valence-electron chi connectivity index (χ1n) is 5.69. The Bertz CT molecular complexity index is 162. The van der Waals surface area contributed by atoms with E-state index in [1.807, 2.05) is 6.92 Å². The molecule has 0 aromatic carbocycles. The quantitative estimate of drug-likeness (QED) is 0.469. The summed E-state index contributed by atoms with van der Waals surface area (Å²) in [6.07, 6.45) is 3.26. The number of carbonyl (C=O) groups excluding carboxylic acids is 1. The molecule has 0 heterocycles. The molecule has 0 aliphatic carbocycles. The SMILES string of the molecule is CCCCOCCOC(=O)CC(N)CC. The van der Waals surface area contributed by atoms with Gasteiger partial charge in [-0.25, -0.2) is 0 Å². The molecule has 0 spiro atoms. The van der Waals surface area contributed by atoms with Crippen LogP contribution >= 0.6 is 0 Å². The Morgan fingerprint density at radius 1 is 1.27 bits per heavy atom. The largest absolute Gasteiger partial charge is 0.463 e. The van der Waals surface area contributed by atoms with Crippen LogP contribution < -0.4 is 5.73 Å². The highest BCUT2D eigenvalue weighted by molar-refractivity contribution is 5.70. The van der Waals surface area contributed by atoms with Gasteiger partial charge in [0.05, 0.1) is 13.0 Å². The zero-order valence-electron chi connectivity index (χ0n) is 9.83. The molecule has 0 aromatic heterocycles. The molecule has 0 fully saturated rings. The highest BCUT2D eigenvalue weighted by Crippen LogP contribution is 1.96. The maximum Gasteiger partial charge on any atom is 0.307 e. The van der Waals surface area contributed by atoms with Gasteiger partial charge in [0.1, 0.15) is 6.61 Å². The Kier molecular flexibility index (Phi) is 9.52. The summed E-state index contributed by atoms with van der Waals surface area (Å²) < 4.78 is 10.2. The predicted molar refractivity (Wildman–Crippen MR) is 59.6 cm³/mol. The van der Waals surface area contributed by atoms with Gasteiger partial charge in [0.25, 0.3) is 0 Å². The lowest BCUT2D eigenvalue weighted by atomic mass is 10.2. The lowest BCUT2D eigenvalue weighted by molar-refractivity contribution is -0.145. The molecule has 1 atom stereocenters. The maximum absolute atomic E-state index is 11.1. The topological polar surface area (TPSA) is 61.5 Å². The second-order valence-electron chi connectivity index (χ2n) is 3.56. The molecular formula is C11H23NO3. The van der Waals surface area contributed by atoms with E-state index in [0.717, 1.165) is 25.9 Å². The Hall–Kier alpha value is -0.610. The van der Waals surface area contributed by atoms with Gasteiger partial charge in [0.15, 0.2) is 0 Å². The molecule has 0 aromatic rings. The van der Waals surface area contributed by atoms with E-state index in [1.165, 1.54) is 0 Å². The van der Waals surface area contributed by atoms with Crippen molar-refractivity contribution in [3.63, 3.8) is 0 Å². The molecule has 0 radical (unpaired) electrons. The van der Waals surface area contributed by atoms with Gasteiger partial charge < -0.3 is 15.2 Å². The highest BCUT2D eigenvalue weighted by atomic mass is 16.6. The van der Waals surface area contributed by atoms with Crippen LogP contribution in [0.1, 0.15) is 39.5 Å². The van der Waals surface area contributed by atoms with Gasteiger partial charge in [0, 0.05) is 12.6 Å². The van der Waals surface area contributed by atoms with Crippen LogP contribution in [0.4, 0.5) is 0 Å². The molecular weight excluding hydrogens is 194 g/mol.